The molecule has 3 rings (SSSR count). The summed E-state index contributed by atoms with van der Waals surface area (Å²) >= 11 is 0. The number of unbranched alkanes of at least 4 members (excludes halogenated alkanes) is 1. The summed E-state index contributed by atoms with van der Waals surface area (Å²) in [6, 6.07) is 4.03. The molecule has 20 heavy (non-hydrogen) atoms. The number of fused-ring (bicyclic) bond motifs is 2. The minimum absolute atomic E-state index is 0.602. The van der Waals surface area contributed by atoms with Gasteiger partial charge in [0, 0.05) is 25.1 Å². The molecule has 108 valence electrons. The van der Waals surface area contributed by atoms with Crippen LogP contribution < -0.4 is 15.2 Å². The number of hydrogen-bond donors (Lipinski definition) is 1. The lowest BCUT2D eigenvalue weighted by molar-refractivity contribution is 0.172. The Hall–Kier alpha value is -1.75. The predicted molar refractivity (Wildman–Crippen MR) is 78.4 cm³/mol. The van der Waals surface area contributed by atoms with Gasteiger partial charge in [-0.1, -0.05) is 13.3 Å². The lowest BCUT2D eigenvalue weighted by atomic mass is 10.2. The maximum Gasteiger partial charge on any atom is 0.163 e. The molecule has 0 unspecified atom stereocenters. The van der Waals surface area contributed by atoms with Gasteiger partial charge in [0.05, 0.1) is 11.0 Å². The van der Waals surface area contributed by atoms with E-state index >= 15 is 0 Å². The number of nitrogens with two attached hydrogens (primary N) is 1. The molecule has 0 amide bonds. The third-order valence-electron chi connectivity index (χ3n) is 3.59. The second-order valence-corrected chi connectivity index (χ2v) is 5.06. The normalized spacial score (nSPS) is 13.9. The maximum atomic E-state index is 5.70. The first-order chi connectivity index (χ1) is 9.83. The van der Waals surface area contributed by atoms with Crippen LogP contribution in [0.1, 0.15) is 25.6 Å². The summed E-state index contributed by atoms with van der Waals surface area (Å²) in [5.41, 5.74) is 7.78. The Morgan fingerprint density at radius 3 is 2.70 bits per heavy atom. The van der Waals surface area contributed by atoms with Gasteiger partial charge in [-0.25, -0.2) is 4.98 Å². The molecule has 5 nitrogen and oxygen atoms in total. The molecule has 0 aliphatic carbocycles. The third kappa shape index (κ3) is 2.33. The van der Waals surface area contributed by atoms with Crippen LogP contribution in [0.15, 0.2) is 12.1 Å². The molecule has 2 N–H and O–H groups in total. The molecule has 2 aromatic rings. The van der Waals surface area contributed by atoms with E-state index < -0.39 is 0 Å². The Kier molecular flexibility index (Phi) is 3.78. The Balaban J connectivity index is 2.08. The highest BCUT2D eigenvalue weighted by Crippen LogP contribution is 2.34. The van der Waals surface area contributed by atoms with Crippen LogP contribution in [0.4, 0.5) is 0 Å². The van der Waals surface area contributed by atoms with E-state index in [4.69, 9.17) is 20.2 Å². The second kappa shape index (κ2) is 5.71. The summed E-state index contributed by atoms with van der Waals surface area (Å²) in [7, 11) is 0. The van der Waals surface area contributed by atoms with Crippen LogP contribution in [0.5, 0.6) is 11.5 Å². The van der Waals surface area contributed by atoms with Crippen LogP contribution in [0.3, 0.4) is 0 Å². The lowest BCUT2D eigenvalue weighted by Gasteiger charge is -2.18. The van der Waals surface area contributed by atoms with Crippen molar-refractivity contribution in [2.24, 2.45) is 5.73 Å². The highest BCUT2D eigenvalue weighted by atomic mass is 16.6. The van der Waals surface area contributed by atoms with Gasteiger partial charge in [0.15, 0.2) is 11.5 Å². The smallest absolute Gasteiger partial charge is 0.163 e. The van der Waals surface area contributed by atoms with E-state index in [2.05, 4.69) is 11.5 Å². The Morgan fingerprint density at radius 2 is 2.00 bits per heavy atom. The van der Waals surface area contributed by atoms with Crippen LogP contribution in [-0.2, 0) is 13.0 Å². The molecule has 1 aromatic heterocycles. The van der Waals surface area contributed by atoms with Gasteiger partial charge in [-0.15, -0.1) is 0 Å². The zero-order valence-corrected chi connectivity index (χ0v) is 11.9. The quantitative estimate of drug-likeness (QED) is 0.907. The third-order valence-corrected chi connectivity index (χ3v) is 3.59. The van der Waals surface area contributed by atoms with Crippen LogP contribution in [0.25, 0.3) is 11.0 Å². The maximum absolute atomic E-state index is 5.70. The van der Waals surface area contributed by atoms with E-state index in [1.807, 2.05) is 12.1 Å². The number of nitrogens with zero attached hydrogens (tertiary/aromatic N) is 2. The zero-order valence-electron chi connectivity index (χ0n) is 11.9. The Bertz CT molecular complexity index is 607. The van der Waals surface area contributed by atoms with Gasteiger partial charge in [-0.3, -0.25) is 0 Å². The molecule has 5 heteroatoms. The van der Waals surface area contributed by atoms with Crippen LogP contribution in [0.2, 0.25) is 0 Å². The first kappa shape index (κ1) is 13.2. The van der Waals surface area contributed by atoms with Gasteiger partial charge in [-0.2, -0.15) is 0 Å². The van der Waals surface area contributed by atoms with E-state index in [-0.39, 0.29) is 0 Å². The number of imidazole rings is 1. The number of aromatic nitrogens is 2. The average molecular weight is 275 g/mol. The van der Waals surface area contributed by atoms with Gasteiger partial charge in [0.2, 0.25) is 0 Å². The summed E-state index contributed by atoms with van der Waals surface area (Å²) in [4.78, 5) is 4.71. The number of aryl methyl sites for hydroxylation is 1. The minimum Gasteiger partial charge on any atom is -0.486 e. The number of rotatable bonds is 5. The van der Waals surface area contributed by atoms with Crippen molar-refractivity contribution in [3.05, 3.63) is 18.0 Å². The molecule has 1 aliphatic heterocycles. The standard InChI is InChI=1S/C15H21N3O2/c1-2-3-6-18-12-10-14-13(19-7-8-20-14)9-11(12)17-15(18)4-5-16/h9-10H,2-8,16H2,1H3. The molecule has 2 heterocycles. The fraction of sp³-hybridized carbons (Fsp3) is 0.533. The van der Waals surface area contributed by atoms with Gasteiger partial charge in [-0.05, 0) is 13.0 Å². The topological polar surface area (TPSA) is 62.3 Å². The fourth-order valence-corrected chi connectivity index (χ4v) is 2.60. The highest BCUT2D eigenvalue weighted by molar-refractivity contribution is 5.80. The summed E-state index contributed by atoms with van der Waals surface area (Å²) in [6.45, 7) is 4.99. The molecular formula is C15H21N3O2. The van der Waals surface area contributed by atoms with E-state index in [9.17, 15) is 0 Å². The first-order valence-corrected chi connectivity index (χ1v) is 7.32. The Morgan fingerprint density at radius 1 is 1.25 bits per heavy atom. The number of hydrogen-bond acceptors (Lipinski definition) is 4. The van der Waals surface area contributed by atoms with Crippen molar-refractivity contribution in [3.63, 3.8) is 0 Å². The molecular weight excluding hydrogens is 254 g/mol. The van der Waals surface area contributed by atoms with Crippen molar-refractivity contribution in [2.45, 2.75) is 32.7 Å². The molecule has 0 saturated heterocycles. The largest absolute Gasteiger partial charge is 0.486 e. The van der Waals surface area contributed by atoms with Crippen molar-refractivity contribution in [2.75, 3.05) is 19.8 Å². The molecule has 0 fully saturated rings. The number of ether oxygens (including phenoxy) is 2. The van der Waals surface area contributed by atoms with E-state index in [0.717, 1.165) is 54.2 Å². The average Bonchev–Trinajstić information content (AvgIpc) is 2.79. The Labute approximate surface area is 118 Å². The van der Waals surface area contributed by atoms with Crippen molar-refractivity contribution >= 4 is 11.0 Å². The summed E-state index contributed by atoms with van der Waals surface area (Å²) < 4.78 is 13.6. The van der Waals surface area contributed by atoms with E-state index in [1.54, 1.807) is 0 Å². The van der Waals surface area contributed by atoms with Gasteiger partial charge < -0.3 is 19.8 Å². The predicted octanol–water partition coefficient (Wildman–Crippen LogP) is 2.11. The SMILES string of the molecule is CCCCn1c(CCN)nc2cc3c(cc21)OCCO3. The van der Waals surface area contributed by atoms with Gasteiger partial charge in [0.25, 0.3) is 0 Å². The van der Waals surface area contributed by atoms with Gasteiger partial charge >= 0.3 is 0 Å². The molecule has 0 saturated carbocycles. The highest BCUT2D eigenvalue weighted by Gasteiger charge is 2.17. The van der Waals surface area contributed by atoms with Crippen molar-refractivity contribution in [1.29, 1.82) is 0 Å². The monoisotopic (exact) mass is 275 g/mol. The molecule has 1 aliphatic rings. The molecule has 1 aromatic carbocycles. The first-order valence-electron chi connectivity index (χ1n) is 7.32. The van der Waals surface area contributed by atoms with Crippen LogP contribution >= 0.6 is 0 Å². The molecule has 0 radical (unpaired) electrons. The lowest BCUT2D eigenvalue weighted by Crippen LogP contribution is -2.15. The molecule has 0 spiro atoms. The zero-order chi connectivity index (χ0) is 13.9. The fourth-order valence-electron chi connectivity index (χ4n) is 2.60. The molecule has 0 bridgehead atoms. The van der Waals surface area contributed by atoms with Crippen LogP contribution in [0, 0.1) is 0 Å². The number of benzene rings is 1. The van der Waals surface area contributed by atoms with Gasteiger partial charge in [0.1, 0.15) is 19.0 Å². The second-order valence-electron chi connectivity index (χ2n) is 5.06. The summed E-state index contributed by atoms with van der Waals surface area (Å²) in [5, 5.41) is 0. The van der Waals surface area contributed by atoms with Crippen molar-refractivity contribution in [3.8, 4) is 11.5 Å². The minimum atomic E-state index is 0.602. The van der Waals surface area contributed by atoms with Crippen molar-refractivity contribution in [1.82, 2.24) is 9.55 Å². The summed E-state index contributed by atoms with van der Waals surface area (Å²) in [5.74, 6) is 2.67. The molecule has 0 atom stereocenters. The van der Waals surface area contributed by atoms with E-state index in [0.29, 0.717) is 19.8 Å². The summed E-state index contributed by atoms with van der Waals surface area (Å²) in [6.07, 6.45) is 3.09. The van der Waals surface area contributed by atoms with Crippen molar-refractivity contribution < 1.29 is 9.47 Å². The van der Waals surface area contributed by atoms with Crippen LogP contribution in [-0.4, -0.2) is 29.3 Å². The van der Waals surface area contributed by atoms with E-state index in [1.165, 1.54) is 0 Å².